The Hall–Kier alpha value is -3.67. The summed E-state index contributed by atoms with van der Waals surface area (Å²) in [4.78, 5) is 8.96. The number of para-hydroxylation sites is 1. The number of aromatic amines is 1. The number of hydrogen-bond donors (Lipinski definition) is 4. The van der Waals surface area contributed by atoms with Crippen molar-refractivity contribution in [2.75, 3.05) is 24.0 Å². The van der Waals surface area contributed by atoms with E-state index in [0.717, 1.165) is 33.5 Å². The smallest absolute Gasteiger partial charge is 0.229 e. The van der Waals surface area contributed by atoms with Crippen LogP contribution in [0.5, 0.6) is 5.75 Å². The van der Waals surface area contributed by atoms with Crippen LogP contribution in [0.1, 0.15) is 0 Å². The fourth-order valence-corrected chi connectivity index (χ4v) is 4.81. The van der Waals surface area contributed by atoms with Gasteiger partial charge in [0.05, 0.1) is 17.4 Å². The normalized spacial score (nSPS) is 11.2. The summed E-state index contributed by atoms with van der Waals surface area (Å²) in [5.74, 6) is 1.18. The monoisotopic (exact) mass is 488 g/mol. The van der Waals surface area contributed by atoms with Crippen molar-refractivity contribution in [3.8, 4) is 17.0 Å². The summed E-state index contributed by atoms with van der Waals surface area (Å²) < 4.78 is 0. The maximum absolute atomic E-state index is 9.59. The molecule has 0 fully saturated rings. The topological polar surface area (TPSA) is 98.8 Å². The van der Waals surface area contributed by atoms with Crippen molar-refractivity contribution in [3.05, 3.63) is 77.9 Å². The molecule has 0 saturated heterocycles. The average Bonchev–Trinajstić information content (AvgIpc) is 3.25. The van der Waals surface area contributed by atoms with Crippen LogP contribution >= 0.6 is 19.5 Å². The van der Waals surface area contributed by atoms with Gasteiger partial charge >= 0.3 is 0 Å². The molecular weight excluding hydrogens is 467 g/mol. The maximum atomic E-state index is 9.59. The molecule has 0 atom stereocenters. The van der Waals surface area contributed by atoms with Gasteiger partial charge in [-0.2, -0.15) is 10.1 Å². The molecule has 0 aliphatic heterocycles. The summed E-state index contributed by atoms with van der Waals surface area (Å²) >= 11 is 6.40. The first kappa shape index (κ1) is 22.1. The van der Waals surface area contributed by atoms with Crippen LogP contribution in [0.15, 0.2) is 72.9 Å². The zero-order valence-corrected chi connectivity index (χ0v) is 20.2. The maximum Gasteiger partial charge on any atom is 0.229 e. The number of nitrogens with zero attached hydrogens (tertiary/aromatic N) is 3. The van der Waals surface area contributed by atoms with Crippen molar-refractivity contribution in [2.24, 2.45) is 0 Å². The highest BCUT2D eigenvalue weighted by molar-refractivity contribution is 7.64. The highest BCUT2D eigenvalue weighted by Gasteiger charge is 2.12. The number of benzene rings is 3. The minimum absolute atomic E-state index is 0.215. The van der Waals surface area contributed by atoms with Crippen LogP contribution in [0.4, 0.5) is 23.1 Å². The molecule has 0 amide bonds. The molecule has 7 nitrogen and oxygen atoms in total. The summed E-state index contributed by atoms with van der Waals surface area (Å²) in [6.07, 6.45) is 1.58. The van der Waals surface area contributed by atoms with E-state index < -0.39 is 0 Å². The summed E-state index contributed by atoms with van der Waals surface area (Å²) in [6, 6.07) is 21.0. The van der Waals surface area contributed by atoms with E-state index in [4.69, 9.17) is 11.6 Å². The van der Waals surface area contributed by atoms with Crippen LogP contribution in [0.3, 0.4) is 0 Å². The van der Waals surface area contributed by atoms with Crippen molar-refractivity contribution in [2.45, 2.75) is 0 Å². The van der Waals surface area contributed by atoms with E-state index >= 15 is 0 Å². The number of aromatic hydroxyl groups is 1. The molecule has 0 unspecified atom stereocenters. The zero-order chi connectivity index (χ0) is 23.7. The number of hydrogen-bond acceptors (Lipinski definition) is 6. The van der Waals surface area contributed by atoms with Crippen LogP contribution < -0.4 is 15.9 Å². The van der Waals surface area contributed by atoms with E-state index in [9.17, 15) is 5.11 Å². The molecule has 0 aliphatic carbocycles. The van der Waals surface area contributed by atoms with Crippen LogP contribution in [0.25, 0.3) is 22.2 Å². The van der Waals surface area contributed by atoms with Crippen LogP contribution in [-0.4, -0.2) is 38.6 Å². The van der Waals surface area contributed by atoms with Gasteiger partial charge in [0, 0.05) is 22.3 Å². The van der Waals surface area contributed by atoms with Crippen molar-refractivity contribution in [1.82, 2.24) is 20.2 Å². The van der Waals surface area contributed by atoms with Crippen LogP contribution in [0, 0.1) is 0 Å². The first-order chi connectivity index (χ1) is 16.5. The van der Waals surface area contributed by atoms with Gasteiger partial charge in [-0.3, -0.25) is 5.10 Å². The lowest BCUT2D eigenvalue weighted by atomic mass is 10.1. The predicted octanol–water partition coefficient (Wildman–Crippen LogP) is 6.23. The Morgan fingerprint density at radius 2 is 1.76 bits per heavy atom. The van der Waals surface area contributed by atoms with Gasteiger partial charge in [0.1, 0.15) is 10.8 Å². The Bertz CT molecular complexity index is 1470. The number of anilines is 4. The van der Waals surface area contributed by atoms with Crippen molar-refractivity contribution < 1.29 is 5.11 Å². The fourth-order valence-electron chi connectivity index (χ4n) is 3.67. The minimum Gasteiger partial charge on any atom is -0.508 e. The van der Waals surface area contributed by atoms with Crippen molar-refractivity contribution in [3.63, 3.8) is 0 Å². The Kier molecular flexibility index (Phi) is 6.05. The molecule has 0 bridgehead atoms. The quantitative estimate of drug-likeness (QED) is 0.211. The summed E-state index contributed by atoms with van der Waals surface area (Å²) in [5.41, 5.74) is 4.41. The Morgan fingerprint density at radius 3 is 2.56 bits per heavy atom. The minimum atomic E-state index is -0.294. The van der Waals surface area contributed by atoms with Gasteiger partial charge in [-0.15, -0.1) is 0 Å². The second kappa shape index (κ2) is 9.29. The Balaban J connectivity index is 1.44. The molecule has 0 radical (unpaired) electrons. The van der Waals surface area contributed by atoms with Crippen LogP contribution in [0.2, 0.25) is 5.02 Å². The lowest BCUT2D eigenvalue weighted by Gasteiger charge is -2.15. The molecule has 2 aromatic heterocycles. The number of rotatable bonds is 6. The van der Waals surface area contributed by atoms with Crippen LogP contribution in [-0.2, 0) is 0 Å². The van der Waals surface area contributed by atoms with Gasteiger partial charge in [-0.05, 0) is 67.2 Å². The molecule has 0 saturated carbocycles. The molecule has 4 N–H and O–H groups in total. The number of fused-ring (bicyclic) bond motifs is 1. The fraction of sp³-hybridized carbons (Fsp3) is 0.0800. The molecule has 5 rings (SSSR count). The van der Waals surface area contributed by atoms with E-state index in [-0.39, 0.29) is 13.7 Å². The van der Waals surface area contributed by atoms with E-state index in [1.165, 1.54) is 5.30 Å². The van der Waals surface area contributed by atoms with Crippen molar-refractivity contribution in [1.29, 1.82) is 0 Å². The lowest BCUT2D eigenvalue weighted by Crippen LogP contribution is -2.09. The average molecular weight is 489 g/mol. The van der Waals surface area contributed by atoms with E-state index in [2.05, 4.69) is 50.2 Å². The first-order valence-electron chi connectivity index (χ1n) is 10.6. The second-order valence-electron chi connectivity index (χ2n) is 7.93. The number of halogens is 1. The number of aromatic nitrogens is 4. The third-order valence-corrected chi connectivity index (χ3v) is 6.97. The molecule has 2 heterocycles. The second-order valence-corrected chi connectivity index (χ2v) is 10.6. The van der Waals surface area contributed by atoms with Crippen molar-refractivity contribution >= 4 is 58.9 Å². The molecule has 3 aromatic carbocycles. The zero-order valence-electron chi connectivity index (χ0n) is 18.5. The number of phenolic OH excluding ortho intramolecular Hbond substituents is 1. The summed E-state index contributed by atoms with van der Waals surface area (Å²) in [5, 5.41) is 26.3. The van der Waals surface area contributed by atoms with E-state index in [1.807, 2.05) is 48.5 Å². The van der Waals surface area contributed by atoms with Gasteiger partial charge in [-0.1, -0.05) is 37.7 Å². The molecule has 170 valence electrons. The Labute approximate surface area is 203 Å². The third-order valence-electron chi connectivity index (χ3n) is 5.34. The highest BCUT2D eigenvalue weighted by Crippen LogP contribution is 2.32. The molecule has 0 aliphatic rings. The SMILES string of the molecule is CP(C)c1ccccc1Nc1nc(Nc2ccc3[nH]nc(-c4ccc(O)cc4)c3c2)ncc1Cl. The van der Waals surface area contributed by atoms with Gasteiger partial charge in [0.2, 0.25) is 5.95 Å². The largest absolute Gasteiger partial charge is 0.508 e. The molecule has 0 spiro atoms. The number of H-pyrrole nitrogens is 1. The lowest BCUT2D eigenvalue weighted by molar-refractivity contribution is 0.475. The summed E-state index contributed by atoms with van der Waals surface area (Å²) in [7, 11) is -0.294. The third kappa shape index (κ3) is 4.53. The molecule has 9 heteroatoms. The van der Waals surface area contributed by atoms with Gasteiger partial charge in [0.25, 0.3) is 0 Å². The number of nitrogens with one attached hydrogen (secondary N) is 3. The molecular formula is C25H22ClN6OP. The number of phenols is 1. The predicted molar refractivity (Wildman–Crippen MR) is 142 cm³/mol. The van der Waals surface area contributed by atoms with E-state index in [0.29, 0.717) is 16.8 Å². The molecule has 34 heavy (non-hydrogen) atoms. The first-order valence-corrected chi connectivity index (χ1v) is 13.2. The molecule has 5 aromatic rings. The Morgan fingerprint density at radius 1 is 0.971 bits per heavy atom. The van der Waals surface area contributed by atoms with Gasteiger partial charge in [-0.25, -0.2) is 4.98 Å². The standard InChI is InChI=1S/C25H22ClN6OP/c1-34(2)22-6-4-3-5-21(22)29-24-19(26)14-27-25(30-24)28-16-9-12-20-18(13-16)23(32-31-20)15-7-10-17(33)11-8-15/h3-14,33H,1-2H3,(H,31,32)(H2,27,28,29,30). The van der Waals surface area contributed by atoms with Gasteiger partial charge < -0.3 is 15.7 Å². The highest BCUT2D eigenvalue weighted by atomic mass is 35.5. The van der Waals surface area contributed by atoms with Gasteiger partial charge in [0.15, 0.2) is 5.82 Å². The van der Waals surface area contributed by atoms with E-state index in [1.54, 1.807) is 18.3 Å². The summed E-state index contributed by atoms with van der Waals surface area (Å²) in [6.45, 7) is 4.42.